The van der Waals surface area contributed by atoms with Gasteiger partial charge in [-0.05, 0) is 55.0 Å². The molecule has 0 radical (unpaired) electrons. The van der Waals surface area contributed by atoms with Crippen LogP contribution in [0.1, 0.15) is 80.0 Å². The summed E-state index contributed by atoms with van der Waals surface area (Å²) in [6.07, 6.45) is 7.13. The molecule has 1 aliphatic heterocycles. The molecule has 3 aromatic rings. The van der Waals surface area contributed by atoms with E-state index >= 15 is 0 Å². The van der Waals surface area contributed by atoms with Crippen LogP contribution in [0.4, 0.5) is 5.69 Å². The standard InChI is InChI=1S/C37H49N7O4/c1-4-33(45)40-31(37(48)44-23-21-43(22-24-44)26(2)28-11-7-5-8-12-28)25-27-15-17-30(18-16-27)39-36(47)34(29-13-9-6-10-14-29)41-35(46)32-19-20-38-42(32)3/h5,7-8,11-12,15-20,26,29,31,34H,4,6,9-10,13-14,21-25H2,1-3H3,(H,39,47)(H,40,45)(H,41,46)/t26?,31-,34+/m1/s1. The molecule has 1 aliphatic carbocycles. The van der Waals surface area contributed by atoms with Crippen LogP contribution in [-0.2, 0) is 27.9 Å². The van der Waals surface area contributed by atoms with Crippen LogP contribution in [-0.4, -0.2) is 81.5 Å². The third-order valence-electron chi connectivity index (χ3n) is 9.82. The van der Waals surface area contributed by atoms with E-state index in [0.29, 0.717) is 30.9 Å². The van der Waals surface area contributed by atoms with Gasteiger partial charge in [0, 0.05) is 64.0 Å². The van der Waals surface area contributed by atoms with Gasteiger partial charge in [-0.25, -0.2) is 0 Å². The Morgan fingerprint density at radius 3 is 2.19 bits per heavy atom. The van der Waals surface area contributed by atoms with Crippen molar-refractivity contribution < 1.29 is 19.2 Å². The fourth-order valence-electron chi connectivity index (χ4n) is 6.85. The first kappa shape index (κ1) is 34.8. The Hall–Kier alpha value is -4.51. The van der Waals surface area contributed by atoms with Gasteiger partial charge in [0.25, 0.3) is 5.91 Å². The van der Waals surface area contributed by atoms with Crippen molar-refractivity contribution in [3.8, 4) is 0 Å². The van der Waals surface area contributed by atoms with E-state index in [-0.39, 0.29) is 42.0 Å². The first-order chi connectivity index (χ1) is 23.2. The molecule has 3 atom stereocenters. The van der Waals surface area contributed by atoms with Crippen molar-refractivity contribution in [2.24, 2.45) is 13.0 Å². The Morgan fingerprint density at radius 1 is 0.875 bits per heavy atom. The highest BCUT2D eigenvalue weighted by Gasteiger charge is 2.33. The van der Waals surface area contributed by atoms with Crippen LogP contribution in [0.25, 0.3) is 0 Å². The van der Waals surface area contributed by atoms with Crippen LogP contribution in [0.3, 0.4) is 0 Å². The number of amides is 4. The number of hydrogen-bond acceptors (Lipinski definition) is 6. The maximum Gasteiger partial charge on any atom is 0.270 e. The Bertz CT molecular complexity index is 1530. The van der Waals surface area contributed by atoms with Gasteiger partial charge in [0.1, 0.15) is 17.8 Å². The van der Waals surface area contributed by atoms with E-state index in [2.05, 4.69) is 45.0 Å². The van der Waals surface area contributed by atoms with E-state index in [9.17, 15) is 19.2 Å². The van der Waals surface area contributed by atoms with Crippen molar-refractivity contribution in [2.45, 2.75) is 76.9 Å². The lowest BCUT2D eigenvalue weighted by molar-refractivity contribution is -0.138. The fraction of sp³-hybridized carbons (Fsp3) is 0.486. The zero-order valence-electron chi connectivity index (χ0n) is 28.4. The highest BCUT2D eigenvalue weighted by molar-refractivity contribution is 6.00. The number of anilines is 1. The SMILES string of the molecule is CCC(=O)N[C@H](Cc1ccc(NC(=O)[C@@H](NC(=O)c2ccnn2C)C2CCCCC2)cc1)C(=O)N1CCN(C(C)c2ccccc2)CC1. The molecule has 11 heteroatoms. The number of piperazine rings is 1. The minimum absolute atomic E-state index is 0.0487. The summed E-state index contributed by atoms with van der Waals surface area (Å²) in [6.45, 7) is 6.68. The van der Waals surface area contributed by atoms with Crippen LogP contribution in [0.5, 0.6) is 0 Å². The number of rotatable bonds is 12. The minimum Gasteiger partial charge on any atom is -0.344 e. The molecule has 0 bridgehead atoms. The lowest BCUT2D eigenvalue weighted by atomic mass is 9.83. The second-order valence-corrected chi connectivity index (χ2v) is 13.0. The number of aromatic nitrogens is 2. The summed E-state index contributed by atoms with van der Waals surface area (Å²) >= 11 is 0. The highest BCUT2D eigenvalue weighted by atomic mass is 16.2. The Balaban J connectivity index is 1.21. The van der Waals surface area contributed by atoms with Gasteiger partial charge in [0.15, 0.2) is 0 Å². The van der Waals surface area contributed by atoms with Crippen LogP contribution < -0.4 is 16.0 Å². The maximum atomic E-state index is 13.7. The molecule has 2 aliphatic rings. The van der Waals surface area contributed by atoms with Gasteiger partial charge in [-0.3, -0.25) is 28.8 Å². The number of nitrogens with zero attached hydrogens (tertiary/aromatic N) is 4. The van der Waals surface area contributed by atoms with Crippen molar-refractivity contribution >= 4 is 29.3 Å². The van der Waals surface area contributed by atoms with Gasteiger partial charge in [-0.1, -0.05) is 68.7 Å². The van der Waals surface area contributed by atoms with Gasteiger partial charge in [-0.15, -0.1) is 0 Å². The Morgan fingerprint density at radius 2 is 1.56 bits per heavy atom. The number of benzene rings is 2. The molecule has 1 saturated heterocycles. The molecule has 1 aromatic heterocycles. The summed E-state index contributed by atoms with van der Waals surface area (Å²) in [7, 11) is 1.70. The number of carbonyl (C=O) groups excluding carboxylic acids is 4. The van der Waals surface area contributed by atoms with E-state index in [1.807, 2.05) is 35.2 Å². The van der Waals surface area contributed by atoms with Crippen LogP contribution in [0.2, 0.25) is 0 Å². The summed E-state index contributed by atoms with van der Waals surface area (Å²) < 4.78 is 1.50. The third kappa shape index (κ3) is 8.89. The molecule has 11 nitrogen and oxygen atoms in total. The first-order valence-electron chi connectivity index (χ1n) is 17.3. The average molecular weight is 656 g/mol. The van der Waals surface area contributed by atoms with Crippen molar-refractivity contribution in [3.63, 3.8) is 0 Å². The maximum absolute atomic E-state index is 13.7. The van der Waals surface area contributed by atoms with Crippen LogP contribution in [0.15, 0.2) is 66.9 Å². The molecule has 2 aromatic carbocycles. The molecule has 3 N–H and O–H groups in total. The van der Waals surface area contributed by atoms with E-state index in [1.54, 1.807) is 38.4 Å². The molecule has 2 fully saturated rings. The summed E-state index contributed by atoms with van der Waals surface area (Å²) in [5.74, 6) is -0.786. The predicted molar refractivity (Wildman–Crippen MR) is 185 cm³/mol. The van der Waals surface area contributed by atoms with Crippen molar-refractivity contribution in [1.29, 1.82) is 0 Å². The molecule has 256 valence electrons. The zero-order chi connectivity index (χ0) is 34.0. The third-order valence-corrected chi connectivity index (χ3v) is 9.82. The van der Waals surface area contributed by atoms with E-state index < -0.39 is 12.1 Å². The minimum atomic E-state index is -0.686. The largest absolute Gasteiger partial charge is 0.344 e. The predicted octanol–water partition coefficient (Wildman–Crippen LogP) is 4.08. The van der Waals surface area contributed by atoms with Crippen molar-refractivity contribution in [2.75, 3.05) is 31.5 Å². The monoisotopic (exact) mass is 655 g/mol. The topological polar surface area (TPSA) is 129 Å². The lowest BCUT2D eigenvalue weighted by Gasteiger charge is -2.39. The van der Waals surface area contributed by atoms with Gasteiger partial charge in [0.05, 0.1) is 0 Å². The molecule has 4 amide bonds. The summed E-state index contributed by atoms with van der Waals surface area (Å²) in [5.41, 5.74) is 3.12. The number of hydrogen-bond donors (Lipinski definition) is 3. The van der Waals surface area contributed by atoms with Gasteiger partial charge in [-0.2, -0.15) is 5.10 Å². The molecule has 5 rings (SSSR count). The Labute approximate surface area is 283 Å². The number of nitrogens with one attached hydrogen (secondary N) is 3. The van der Waals surface area contributed by atoms with E-state index in [0.717, 1.165) is 50.8 Å². The number of carbonyl (C=O) groups is 4. The summed E-state index contributed by atoms with van der Waals surface area (Å²) in [6, 6.07) is 18.3. The van der Waals surface area contributed by atoms with E-state index in [4.69, 9.17) is 0 Å². The molecule has 2 heterocycles. The molecule has 0 spiro atoms. The highest BCUT2D eigenvalue weighted by Crippen LogP contribution is 2.28. The lowest BCUT2D eigenvalue weighted by Crippen LogP contribution is -2.55. The number of aryl methyl sites for hydroxylation is 1. The zero-order valence-corrected chi connectivity index (χ0v) is 28.4. The summed E-state index contributed by atoms with van der Waals surface area (Å²) in [5, 5.41) is 13.0. The molecular formula is C37H49N7O4. The van der Waals surface area contributed by atoms with Gasteiger partial charge < -0.3 is 20.9 Å². The van der Waals surface area contributed by atoms with Crippen molar-refractivity contribution in [1.82, 2.24) is 30.2 Å². The molecule has 1 unspecified atom stereocenters. The first-order valence-corrected chi connectivity index (χ1v) is 17.3. The van der Waals surface area contributed by atoms with Crippen LogP contribution >= 0.6 is 0 Å². The normalized spacial score (nSPS) is 17.6. The second-order valence-electron chi connectivity index (χ2n) is 13.0. The quantitative estimate of drug-likeness (QED) is 0.270. The van der Waals surface area contributed by atoms with Crippen LogP contribution in [0, 0.1) is 5.92 Å². The Kier molecular flexibility index (Phi) is 12.0. The molecule has 48 heavy (non-hydrogen) atoms. The van der Waals surface area contributed by atoms with E-state index in [1.165, 1.54) is 10.2 Å². The fourth-order valence-corrected chi connectivity index (χ4v) is 6.85. The summed E-state index contributed by atoms with van der Waals surface area (Å²) in [4.78, 5) is 57.1. The van der Waals surface area contributed by atoms with Gasteiger partial charge in [0.2, 0.25) is 17.7 Å². The van der Waals surface area contributed by atoms with Crippen molar-refractivity contribution in [3.05, 3.63) is 83.7 Å². The molecule has 1 saturated carbocycles. The van der Waals surface area contributed by atoms with Gasteiger partial charge >= 0.3 is 0 Å². The molecular weight excluding hydrogens is 606 g/mol. The average Bonchev–Trinajstić information content (AvgIpc) is 3.56. The second kappa shape index (κ2) is 16.5. The smallest absolute Gasteiger partial charge is 0.270 e.